The summed E-state index contributed by atoms with van der Waals surface area (Å²) in [5, 5.41) is 2.37. The van der Waals surface area contributed by atoms with Crippen LogP contribution >= 0.6 is 0 Å². The minimum Gasteiger partial charge on any atom is -0.450 e. The van der Waals surface area contributed by atoms with E-state index in [9.17, 15) is 23.2 Å². The largest absolute Gasteiger partial charge is 0.450 e. The molecule has 1 aliphatic heterocycles. The van der Waals surface area contributed by atoms with Crippen molar-refractivity contribution in [3.63, 3.8) is 0 Å². The Bertz CT molecular complexity index is 661. The molecule has 25 heavy (non-hydrogen) atoms. The maximum atomic E-state index is 13.1. The van der Waals surface area contributed by atoms with E-state index in [1.807, 2.05) is 0 Å². The highest BCUT2D eigenvalue weighted by atomic mass is 19.2. The molecule has 0 unspecified atom stereocenters. The van der Waals surface area contributed by atoms with E-state index in [-0.39, 0.29) is 24.6 Å². The zero-order valence-corrected chi connectivity index (χ0v) is 13.8. The molecule has 136 valence electrons. The minimum absolute atomic E-state index is 0.0705. The summed E-state index contributed by atoms with van der Waals surface area (Å²) in [6.45, 7) is 3.10. The molecule has 2 rings (SSSR count). The molecule has 1 aliphatic rings. The monoisotopic (exact) mass is 355 g/mol. The van der Waals surface area contributed by atoms with E-state index in [4.69, 9.17) is 4.74 Å². The van der Waals surface area contributed by atoms with Crippen LogP contribution in [0.1, 0.15) is 17.3 Å². The van der Waals surface area contributed by atoms with Gasteiger partial charge in [0.1, 0.15) is 0 Å². The molecule has 9 heteroatoms. The first kappa shape index (κ1) is 18.6. The van der Waals surface area contributed by atoms with Crippen LogP contribution in [0, 0.1) is 11.6 Å². The number of nitrogens with zero attached hydrogens (tertiary/aromatic N) is 2. The number of carbonyl (C=O) groups excluding carboxylic acids is 3. The number of halogens is 2. The van der Waals surface area contributed by atoms with Gasteiger partial charge in [-0.15, -0.1) is 0 Å². The SMILES string of the molecule is CCOC(=O)N1CCN(C(=O)CNC(=O)c2ccc(F)c(F)c2)CC1. The summed E-state index contributed by atoms with van der Waals surface area (Å²) in [5.41, 5.74) is -0.0705. The van der Waals surface area contributed by atoms with E-state index in [0.717, 1.165) is 18.2 Å². The van der Waals surface area contributed by atoms with E-state index < -0.39 is 23.6 Å². The van der Waals surface area contributed by atoms with Crippen LogP contribution in [0.15, 0.2) is 18.2 Å². The van der Waals surface area contributed by atoms with Gasteiger partial charge in [0.05, 0.1) is 13.2 Å². The van der Waals surface area contributed by atoms with Gasteiger partial charge in [0, 0.05) is 31.7 Å². The number of ether oxygens (including phenoxy) is 1. The number of hydrogen-bond donors (Lipinski definition) is 1. The number of amides is 3. The molecule has 0 atom stereocenters. The van der Waals surface area contributed by atoms with Gasteiger partial charge in [-0.3, -0.25) is 9.59 Å². The van der Waals surface area contributed by atoms with E-state index in [1.54, 1.807) is 6.92 Å². The Morgan fingerprint density at radius 3 is 2.32 bits per heavy atom. The zero-order valence-electron chi connectivity index (χ0n) is 13.8. The number of rotatable bonds is 4. The van der Waals surface area contributed by atoms with Crippen molar-refractivity contribution in [2.45, 2.75) is 6.92 Å². The zero-order chi connectivity index (χ0) is 18.4. The van der Waals surface area contributed by atoms with Crippen molar-refractivity contribution in [1.82, 2.24) is 15.1 Å². The van der Waals surface area contributed by atoms with Crippen molar-refractivity contribution in [2.24, 2.45) is 0 Å². The molecule has 0 aromatic heterocycles. The smallest absolute Gasteiger partial charge is 0.409 e. The van der Waals surface area contributed by atoms with Crippen LogP contribution in [0.2, 0.25) is 0 Å². The fourth-order valence-electron chi connectivity index (χ4n) is 2.36. The highest BCUT2D eigenvalue weighted by molar-refractivity contribution is 5.96. The fourth-order valence-corrected chi connectivity index (χ4v) is 2.36. The molecular weight excluding hydrogens is 336 g/mol. The second kappa shape index (κ2) is 8.41. The minimum atomic E-state index is -1.13. The van der Waals surface area contributed by atoms with Gasteiger partial charge < -0.3 is 19.9 Å². The van der Waals surface area contributed by atoms with E-state index >= 15 is 0 Å². The number of hydrogen-bond acceptors (Lipinski definition) is 4. The molecule has 1 saturated heterocycles. The van der Waals surface area contributed by atoms with Crippen LogP contribution in [0.5, 0.6) is 0 Å². The molecular formula is C16H19F2N3O4. The van der Waals surface area contributed by atoms with Gasteiger partial charge in [-0.2, -0.15) is 0 Å². The van der Waals surface area contributed by atoms with Crippen LogP contribution in [-0.2, 0) is 9.53 Å². The maximum Gasteiger partial charge on any atom is 0.409 e. The van der Waals surface area contributed by atoms with Gasteiger partial charge in [-0.1, -0.05) is 0 Å². The lowest BCUT2D eigenvalue weighted by Crippen LogP contribution is -2.52. The number of benzene rings is 1. The van der Waals surface area contributed by atoms with E-state index in [0.29, 0.717) is 26.2 Å². The van der Waals surface area contributed by atoms with Crippen molar-refractivity contribution in [1.29, 1.82) is 0 Å². The molecule has 3 amide bonds. The summed E-state index contributed by atoms with van der Waals surface area (Å²) >= 11 is 0. The lowest BCUT2D eigenvalue weighted by molar-refractivity contribution is -0.131. The van der Waals surface area contributed by atoms with Gasteiger partial charge in [0.15, 0.2) is 11.6 Å². The Balaban J connectivity index is 1.80. The second-order valence-electron chi connectivity index (χ2n) is 5.38. The quantitative estimate of drug-likeness (QED) is 0.874. The average molecular weight is 355 g/mol. The van der Waals surface area contributed by atoms with Crippen molar-refractivity contribution >= 4 is 17.9 Å². The first-order valence-electron chi connectivity index (χ1n) is 7.85. The molecule has 1 fully saturated rings. The molecule has 1 N–H and O–H groups in total. The van der Waals surface area contributed by atoms with Gasteiger partial charge in [-0.25, -0.2) is 13.6 Å². The van der Waals surface area contributed by atoms with Crippen molar-refractivity contribution < 1.29 is 27.9 Å². The van der Waals surface area contributed by atoms with Crippen molar-refractivity contribution in [2.75, 3.05) is 39.3 Å². The molecule has 1 heterocycles. The average Bonchev–Trinajstić information content (AvgIpc) is 2.62. The number of piperazine rings is 1. The number of nitrogens with one attached hydrogen (secondary N) is 1. The summed E-state index contributed by atoms with van der Waals surface area (Å²) in [6, 6.07) is 2.75. The van der Waals surface area contributed by atoms with E-state index in [2.05, 4.69) is 5.32 Å². The highest BCUT2D eigenvalue weighted by Crippen LogP contribution is 2.09. The van der Waals surface area contributed by atoms with Gasteiger partial charge >= 0.3 is 6.09 Å². The predicted octanol–water partition coefficient (Wildman–Crippen LogP) is 0.995. The first-order chi connectivity index (χ1) is 11.9. The summed E-state index contributed by atoms with van der Waals surface area (Å²) in [4.78, 5) is 38.6. The lowest BCUT2D eigenvalue weighted by Gasteiger charge is -2.34. The van der Waals surface area contributed by atoms with Crippen LogP contribution in [0.4, 0.5) is 13.6 Å². The third-order valence-corrected chi connectivity index (χ3v) is 3.74. The predicted molar refractivity (Wildman–Crippen MR) is 83.9 cm³/mol. The molecule has 0 saturated carbocycles. The van der Waals surface area contributed by atoms with Gasteiger partial charge in [0.25, 0.3) is 5.91 Å². The van der Waals surface area contributed by atoms with Crippen LogP contribution in [0.25, 0.3) is 0 Å². The third-order valence-electron chi connectivity index (χ3n) is 3.74. The normalized spacial score (nSPS) is 14.2. The molecule has 0 spiro atoms. The summed E-state index contributed by atoms with van der Waals surface area (Å²) in [5.74, 6) is -3.17. The fraction of sp³-hybridized carbons (Fsp3) is 0.438. The maximum absolute atomic E-state index is 13.1. The number of carbonyl (C=O) groups is 3. The highest BCUT2D eigenvalue weighted by Gasteiger charge is 2.25. The summed E-state index contributed by atoms with van der Waals surface area (Å²) in [6.07, 6.45) is -0.416. The molecule has 1 aromatic rings. The van der Waals surface area contributed by atoms with Gasteiger partial charge in [-0.05, 0) is 25.1 Å². The Labute approximate surface area is 143 Å². The van der Waals surface area contributed by atoms with E-state index in [1.165, 1.54) is 9.80 Å². The van der Waals surface area contributed by atoms with Gasteiger partial charge in [0.2, 0.25) is 5.91 Å². The second-order valence-corrected chi connectivity index (χ2v) is 5.38. The summed E-state index contributed by atoms with van der Waals surface area (Å²) in [7, 11) is 0. The Morgan fingerprint density at radius 2 is 1.72 bits per heavy atom. The molecule has 7 nitrogen and oxygen atoms in total. The molecule has 0 radical (unpaired) electrons. The Hall–Kier alpha value is -2.71. The molecule has 0 aliphatic carbocycles. The van der Waals surface area contributed by atoms with Crippen molar-refractivity contribution in [3.8, 4) is 0 Å². The molecule has 0 bridgehead atoms. The first-order valence-corrected chi connectivity index (χ1v) is 7.85. The Kier molecular flexibility index (Phi) is 6.26. The van der Waals surface area contributed by atoms with Crippen LogP contribution < -0.4 is 5.32 Å². The Morgan fingerprint density at radius 1 is 1.08 bits per heavy atom. The third kappa shape index (κ3) is 4.88. The molecule has 1 aromatic carbocycles. The topological polar surface area (TPSA) is 79.0 Å². The van der Waals surface area contributed by atoms with Crippen LogP contribution in [0.3, 0.4) is 0 Å². The van der Waals surface area contributed by atoms with Crippen molar-refractivity contribution in [3.05, 3.63) is 35.4 Å². The summed E-state index contributed by atoms with van der Waals surface area (Å²) < 4.78 is 30.9. The lowest BCUT2D eigenvalue weighted by atomic mass is 10.2. The van der Waals surface area contributed by atoms with Crippen LogP contribution in [-0.4, -0.2) is 67.0 Å². The standard InChI is InChI=1S/C16H19F2N3O4/c1-2-25-16(24)21-7-5-20(6-8-21)14(22)10-19-15(23)11-3-4-12(17)13(18)9-11/h3-4,9H,2,5-8,10H2,1H3,(H,19,23).